The van der Waals surface area contributed by atoms with Gasteiger partial charge in [0.15, 0.2) is 0 Å². The lowest BCUT2D eigenvalue weighted by atomic mass is 9.85. The van der Waals surface area contributed by atoms with E-state index in [9.17, 15) is 9.59 Å². The Labute approximate surface area is 121 Å². The lowest BCUT2D eigenvalue weighted by Crippen LogP contribution is -2.71. The molecule has 2 rings (SSSR count). The number of carbonyl (C=O) groups excluding carboxylic acids is 2. The van der Waals surface area contributed by atoms with Gasteiger partial charge in [0.25, 0.3) is 0 Å². The summed E-state index contributed by atoms with van der Waals surface area (Å²) in [6.45, 7) is 6.90. The predicted molar refractivity (Wildman–Crippen MR) is 76.1 cm³/mol. The molecule has 5 nitrogen and oxygen atoms in total. The van der Waals surface area contributed by atoms with Crippen molar-refractivity contribution in [2.24, 2.45) is 11.8 Å². The standard InChI is InChI=1S/C15H26N2O3/c1-5-10(2)12-13(18)16-15(3,11-6-7-11)14(19)17(12)8-9-20-4/h10-12H,5-9H2,1-4H3,(H,16,18). The van der Waals surface area contributed by atoms with Gasteiger partial charge in [-0.2, -0.15) is 0 Å². The average molecular weight is 282 g/mol. The minimum Gasteiger partial charge on any atom is -0.383 e. The van der Waals surface area contributed by atoms with Gasteiger partial charge in [-0.15, -0.1) is 0 Å². The van der Waals surface area contributed by atoms with Crippen molar-refractivity contribution in [2.75, 3.05) is 20.3 Å². The molecule has 2 aliphatic rings. The van der Waals surface area contributed by atoms with Crippen molar-refractivity contribution in [3.8, 4) is 0 Å². The van der Waals surface area contributed by atoms with Crippen molar-refractivity contribution in [3.63, 3.8) is 0 Å². The first kappa shape index (κ1) is 15.3. The van der Waals surface area contributed by atoms with E-state index in [2.05, 4.69) is 5.32 Å². The normalized spacial score (nSPS) is 32.2. The fourth-order valence-corrected chi connectivity index (χ4v) is 3.11. The van der Waals surface area contributed by atoms with Crippen LogP contribution in [0.4, 0.5) is 0 Å². The number of rotatable bonds is 6. The van der Waals surface area contributed by atoms with Gasteiger partial charge in [0.05, 0.1) is 6.61 Å². The van der Waals surface area contributed by atoms with Gasteiger partial charge in [0.2, 0.25) is 11.8 Å². The van der Waals surface area contributed by atoms with E-state index in [0.29, 0.717) is 19.1 Å². The second-order valence-electron chi connectivity index (χ2n) is 6.29. The Bertz CT molecular complexity index is 395. The fourth-order valence-electron chi connectivity index (χ4n) is 3.11. The Balaban J connectivity index is 2.25. The Kier molecular flexibility index (Phi) is 4.37. The van der Waals surface area contributed by atoms with Crippen LogP contribution in [0.5, 0.6) is 0 Å². The Hall–Kier alpha value is -1.10. The van der Waals surface area contributed by atoms with Gasteiger partial charge in [-0.1, -0.05) is 20.3 Å². The lowest BCUT2D eigenvalue weighted by Gasteiger charge is -2.46. The molecule has 2 amide bonds. The number of carbonyl (C=O) groups is 2. The van der Waals surface area contributed by atoms with E-state index < -0.39 is 5.54 Å². The molecular formula is C15H26N2O3. The molecule has 2 fully saturated rings. The summed E-state index contributed by atoms with van der Waals surface area (Å²) in [5.41, 5.74) is -0.714. The summed E-state index contributed by atoms with van der Waals surface area (Å²) in [6, 6.07) is -0.366. The van der Waals surface area contributed by atoms with Gasteiger partial charge >= 0.3 is 0 Å². The summed E-state index contributed by atoms with van der Waals surface area (Å²) in [7, 11) is 1.62. The van der Waals surface area contributed by atoms with Crippen molar-refractivity contribution >= 4 is 11.8 Å². The van der Waals surface area contributed by atoms with E-state index in [1.54, 1.807) is 12.0 Å². The lowest BCUT2D eigenvalue weighted by molar-refractivity contribution is -0.158. The number of hydrogen-bond donors (Lipinski definition) is 1. The molecule has 0 aromatic heterocycles. The molecule has 0 aromatic rings. The zero-order chi connectivity index (χ0) is 14.9. The molecule has 1 aliphatic heterocycles. The van der Waals surface area contributed by atoms with E-state index in [1.165, 1.54) is 0 Å². The topological polar surface area (TPSA) is 58.6 Å². The van der Waals surface area contributed by atoms with Gasteiger partial charge in [-0.05, 0) is 31.6 Å². The number of methoxy groups -OCH3 is 1. The first-order chi connectivity index (χ1) is 9.45. The molecule has 1 aliphatic carbocycles. The summed E-state index contributed by atoms with van der Waals surface area (Å²) >= 11 is 0. The van der Waals surface area contributed by atoms with Crippen LogP contribution in [0.3, 0.4) is 0 Å². The summed E-state index contributed by atoms with van der Waals surface area (Å²) in [5.74, 6) is 0.493. The molecular weight excluding hydrogens is 256 g/mol. The Morgan fingerprint density at radius 3 is 2.60 bits per heavy atom. The number of nitrogens with one attached hydrogen (secondary N) is 1. The SMILES string of the molecule is CCC(C)C1C(=O)NC(C)(C2CC2)C(=O)N1CCOC. The summed E-state index contributed by atoms with van der Waals surface area (Å²) < 4.78 is 5.11. The van der Waals surface area contributed by atoms with Crippen molar-refractivity contribution in [1.82, 2.24) is 10.2 Å². The van der Waals surface area contributed by atoms with Crippen LogP contribution in [-0.2, 0) is 14.3 Å². The first-order valence-corrected chi connectivity index (χ1v) is 7.57. The maximum atomic E-state index is 12.9. The van der Waals surface area contributed by atoms with Crippen LogP contribution in [0.15, 0.2) is 0 Å². The molecule has 1 N–H and O–H groups in total. The number of nitrogens with zero attached hydrogens (tertiary/aromatic N) is 1. The van der Waals surface area contributed by atoms with E-state index in [-0.39, 0.29) is 23.8 Å². The minimum absolute atomic E-state index is 0.00977. The van der Waals surface area contributed by atoms with Crippen molar-refractivity contribution in [3.05, 3.63) is 0 Å². The third-order valence-electron chi connectivity index (χ3n) is 4.81. The first-order valence-electron chi connectivity index (χ1n) is 7.57. The minimum atomic E-state index is -0.714. The van der Waals surface area contributed by atoms with Crippen molar-refractivity contribution < 1.29 is 14.3 Å². The average Bonchev–Trinajstić information content (AvgIpc) is 3.25. The number of piperazine rings is 1. The third-order valence-corrected chi connectivity index (χ3v) is 4.81. The number of hydrogen-bond acceptors (Lipinski definition) is 3. The molecule has 1 saturated heterocycles. The molecule has 3 atom stereocenters. The third kappa shape index (κ3) is 2.55. The van der Waals surface area contributed by atoms with E-state index in [0.717, 1.165) is 19.3 Å². The highest BCUT2D eigenvalue weighted by molar-refractivity contribution is 6.00. The van der Waals surface area contributed by atoms with E-state index in [1.807, 2.05) is 20.8 Å². The van der Waals surface area contributed by atoms with Crippen LogP contribution in [-0.4, -0.2) is 48.6 Å². The Morgan fingerprint density at radius 2 is 2.10 bits per heavy atom. The molecule has 3 unspecified atom stereocenters. The molecule has 0 aromatic carbocycles. The molecule has 1 heterocycles. The largest absolute Gasteiger partial charge is 0.383 e. The molecule has 114 valence electrons. The summed E-state index contributed by atoms with van der Waals surface area (Å²) in [6.07, 6.45) is 2.91. The zero-order valence-corrected chi connectivity index (χ0v) is 12.9. The van der Waals surface area contributed by atoms with Gasteiger partial charge in [0, 0.05) is 13.7 Å². The maximum absolute atomic E-state index is 12.9. The number of amides is 2. The monoisotopic (exact) mass is 282 g/mol. The number of ether oxygens (including phenoxy) is 1. The van der Waals surface area contributed by atoms with Gasteiger partial charge in [-0.3, -0.25) is 9.59 Å². The predicted octanol–water partition coefficient (Wildman–Crippen LogP) is 1.17. The molecule has 20 heavy (non-hydrogen) atoms. The van der Waals surface area contributed by atoms with Crippen LogP contribution < -0.4 is 5.32 Å². The molecule has 1 saturated carbocycles. The van der Waals surface area contributed by atoms with Gasteiger partial charge < -0.3 is 15.0 Å². The molecule has 5 heteroatoms. The second-order valence-corrected chi connectivity index (χ2v) is 6.29. The van der Waals surface area contributed by atoms with Crippen molar-refractivity contribution in [1.29, 1.82) is 0 Å². The van der Waals surface area contributed by atoms with Crippen LogP contribution in [0, 0.1) is 11.8 Å². The summed E-state index contributed by atoms with van der Waals surface area (Å²) in [5, 5.41) is 3.01. The maximum Gasteiger partial charge on any atom is 0.249 e. The van der Waals surface area contributed by atoms with Crippen LogP contribution in [0.1, 0.15) is 40.0 Å². The van der Waals surface area contributed by atoms with Crippen molar-refractivity contribution in [2.45, 2.75) is 51.6 Å². The van der Waals surface area contributed by atoms with Crippen LogP contribution in [0.25, 0.3) is 0 Å². The second kappa shape index (κ2) is 5.72. The zero-order valence-electron chi connectivity index (χ0n) is 12.9. The van der Waals surface area contributed by atoms with Crippen LogP contribution >= 0.6 is 0 Å². The summed E-state index contributed by atoms with van der Waals surface area (Å²) in [4.78, 5) is 27.1. The fraction of sp³-hybridized carbons (Fsp3) is 0.867. The molecule has 0 bridgehead atoms. The smallest absolute Gasteiger partial charge is 0.249 e. The highest BCUT2D eigenvalue weighted by atomic mass is 16.5. The van der Waals surface area contributed by atoms with Gasteiger partial charge in [0.1, 0.15) is 11.6 Å². The quantitative estimate of drug-likeness (QED) is 0.795. The van der Waals surface area contributed by atoms with Crippen LogP contribution in [0.2, 0.25) is 0 Å². The van der Waals surface area contributed by atoms with E-state index >= 15 is 0 Å². The Morgan fingerprint density at radius 1 is 1.45 bits per heavy atom. The molecule has 0 spiro atoms. The highest BCUT2D eigenvalue weighted by Crippen LogP contribution is 2.42. The molecule has 0 radical (unpaired) electrons. The van der Waals surface area contributed by atoms with Gasteiger partial charge in [-0.25, -0.2) is 0 Å². The van der Waals surface area contributed by atoms with E-state index in [4.69, 9.17) is 4.74 Å². The highest BCUT2D eigenvalue weighted by Gasteiger charge is 2.55.